The van der Waals surface area contributed by atoms with Crippen molar-refractivity contribution in [2.45, 2.75) is 51.0 Å². The molecule has 0 bridgehead atoms. The van der Waals surface area contributed by atoms with Crippen LogP contribution < -0.4 is 16.6 Å². The molecule has 0 amide bonds. The lowest BCUT2D eigenvalue weighted by atomic mass is 9.97. The van der Waals surface area contributed by atoms with Gasteiger partial charge in [-0.2, -0.15) is 0 Å². The van der Waals surface area contributed by atoms with Gasteiger partial charge in [0, 0.05) is 6.04 Å². The van der Waals surface area contributed by atoms with Gasteiger partial charge in [0.25, 0.3) is 5.69 Å². The zero-order chi connectivity index (χ0) is 14.4. The molecule has 1 heterocycles. The molecule has 0 spiro atoms. The van der Waals surface area contributed by atoms with E-state index in [1.807, 2.05) is 0 Å². The summed E-state index contributed by atoms with van der Waals surface area (Å²) in [6.07, 6.45) is 8.37. The van der Waals surface area contributed by atoms with E-state index in [1.165, 1.54) is 44.2 Å². The summed E-state index contributed by atoms with van der Waals surface area (Å²) in [7, 11) is 0. The van der Waals surface area contributed by atoms with Crippen LogP contribution in [0.4, 0.5) is 17.3 Å². The molecule has 0 atom stereocenters. The lowest BCUT2D eigenvalue weighted by molar-refractivity contribution is -0.384. The number of nitrogens with two attached hydrogens (primary N) is 1. The van der Waals surface area contributed by atoms with Crippen molar-refractivity contribution in [1.82, 2.24) is 4.98 Å². The minimum absolute atomic E-state index is 0.0127. The molecule has 0 aromatic carbocycles. The number of nitrogens with one attached hydrogen (secondary N) is 2. The van der Waals surface area contributed by atoms with Gasteiger partial charge in [-0.3, -0.25) is 10.1 Å². The number of aromatic nitrogens is 1. The van der Waals surface area contributed by atoms with Gasteiger partial charge >= 0.3 is 0 Å². The Bertz CT molecular complexity index is 458. The van der Waals surface area contributed by atoms with E-state index >= 15 is 0 Å². The van der Waals surface area contributed by atoms with Crippen molar-refractivity contribution in [3.8, 4) is 0 Å². The van der Waals surface area contributed by atoms with E-state index in [0.717, 1.165) is 12.8 Å². The zero-order valence-corrected chi connectivity index (χ0v) is 11.5. The van der Waals surface area contributed by atoms with E-state index in [4.69, 9.17) is 5.84 Å². The highest BCUT2D eigenvalue weighted by Crippen LogP contribution is 2.24. The zero-order valence-electron chi connectivity index (χ0n) is 11.5. The molecule has 2 rings (SSSR count). The molecule has 0 saturated heterocycles. The maximum absolute atomic E-state index is 10.9. The van der Waals surface area contributed by atoms with E-state index in [2.05, 4.69) is 15.7 Å². The van der Waals surface area contributed by atoms with Gasteiger partial charge in [0.15, 0.2) is 0 Å². The van der Waals surface area contributed by atoms with Crippen LogP contribution in [0.3, 0.4) is 0 Å². The summed E-state index contributed by atoms with van der Waals surface area (Å²) in [5.74, 6) is 6.11. The standard InChI is InChI=1S/C13H21N5O2/c14-17-13-9-11(18(19)20)8-12(16-13)15-10-6-4-2-1-3-5-7-10/h8-10H,1-7,14H2,(H2,15,16,17). The molecule has 0 aliphatic heterocycles. The molecular weight excluding hydrogens is 258 g/mol. The smallest absolute Gasteiger partial charge is 0.276 e. The number of nitrogen functional groups attached to an aromatic ring is 1. The van der Waals surface area contributed by atoms with Crippen molar-refractivity contribution >= 4 is 17.3 Å². The molecule has 1 aliphatic rings. The molecule has 110 valence electrons. The second-order valence-electron chi connectivity index (χ2n) is 5.18. The Morgan fingerprint density at radius 2 is 1.75 bits per heavy atom. The van der Waals surface area contributed by atoms with Crippen LogP contribution in [0.25, 0.3) is 0 Å². The summed E-state index contributed by atoms with van der Waals surface area (Å²) in [5, 5.41) is 14.2. The van der Waals surface area contributed by atoms with Crippen molar-refractivity contribution in [2.24, 2.45) is 5.84 Å². The molecule has 1 aromatic rings. The van der Waals surface area contributed by atoms with E-state index in [-0.39, 0.29) is 5.69 Å². The van der Waals surface area contributed by atoms with Gasteiger partial charge in [-0.1, -0.05) is 32.1 Å². The fourth-order valence-electron chi connectivity index (χ4n) is 2.58. The summed E-state index contributed by atoms with van der Waals surface area (Å²) in [6.45, 7) is 0. The van der Waals surface area contributed by atoms with Gasteiger partial charge in [0.1, 0.15) is 11.6 Å². The summed E-state index contributed by atoms with van der Waals surface area (Å²) in [4.78, 5) is 14.7. The average molecular weight is 279 g/mol. The van der Waals surface area contributed by atoms with Crippen molar-refractivity contribution in [3.05, 3.63) is 22.2 Å². The first-order chi connectivity index (χ1) is 9.69. The third-order valence-corrected chi connectivity index (χ3v) is 3.63. The number of rotatable bonds is 4. The molecule has 1 aromatic heterocycles. The average Bonchev–Trinajstić information content (AvgIpc) is 2.41. The number of pyridine rings is 1. The Morgan fingerprint density at radius 1 is 1.15 bits per heavy atom. The third-order valence-electron chi connectivity index (χ3n) is 3.63. The Kier molecular flexibility index (Phi) is 5.11. The van der Waals surface area contributed by atoms with Crippen LogP contribution >= 0.6 is 0 Å². The summed E-state index contributed by atoms with van der Waals surface area (Å²) < 4.78 is 0. The normalized spacial score (nSPS) is 17.1. The summed E-state index contributed by atoms with van der Waals surface area (Å²) in [5.41, 5.74) is 2.35. The van der Waals surface area contributed by atoms with Gasteiger partial charge in [0.2, 0.25) is 0 Å². The third kappa shape index (κ3) is 4.06. The first-order valence-corrected chi connectivity index (χ1v) is 7.08. The predicted molar refractivity (Wildman–Crippen MR) is 78.4 cm³/mol. The van der Waals surface area contributed by atoms with Crippen LogP contribution in [0.1, 0.15) is 44.9 Å². The molecule has 4 N–H and O–H groups in total. The van der Waals surface area contributed by atoms with E-state index < -0.39 is 4.92 Å². The first kappa shape index (κ1) is 14.5. The molecule has 0 unspecified atom stereocenters. The Morgan fingerprint density at radius 3 is 2.35 bits per heavy atom. The number of hydrazine groups is 1. The van der Waals surface area contributed by atoms with E-state index in [0.29, 0.717) is 17.7 Å². The van der Waals surface area contributed by atoms with Gasteiger partial charge in [-0.25, -0.2) is 10.8 Å². The fraction of sp³-hybridized carbons (Fsp3) is 0.615. The van der Waals surface area contributed by atoms with Crippen molar-refractivity contribution in [2.75, 3.05) is 10.7 Å². The minimum Gasteiger partial charge on any atom is -0.367 e. The second-order valence-corrected chi connectivity index (χ2v) is 5.18. The molecular formula is C13H21N5O2. The summed E-state index contributed by atoms with van der Waals surface area (Å²) in [6, 6.07) is 3.11. The highest BCUT2D eigenvalue weighted by atomic mass is 16.6. The Balaban J connectivity index is 2.10. The van der Waals surface area contributed by atoms with Crippen LogP contribution in [0, 0.1) is 10.1 Å². The van der Waals surface area contributed by atoms with Crippen molar-refractivity contribution in [3.63, 3.8) is 0 Å². The second kappa shape index (κ2) is 7.04. The summed E-state index contributed by atoms with van der Waals surface area (Å²) >= 11 is 0. The van der Waals surface area contributed by atoms with Crippen LogP contribution in [0.5, 0.6) is 0 Å². The molecule has 1 aliphatic carbocycles. The quantitative estimate of drug-likeness (QED) is 0.444. The van der Waals surface area contributed by atoms with Crippen LogP contribution in [-0.4, -0.2) is 15.9 Å². The van der Waals surface area contributed by atoms with E-state index in [9.17, 15) is 10.1 Å². The van der Waals surface area contributed by atoms with Gasteiger partial charge in [-0.15, -0.1) is 0 Å². The first-order valence-electron chi connectivity index (χ1n) is 7.08. The number of nitro groups is 1. The molecule has 1 saturated carbocycles. The highest BCUT2D eigenvalue weighted by Gasteiger charge is 2.15. The van der Waals surface area contributed by atoms with Crippen molar-refractivity contribution in [1.29, 1.82) is 0 Å². The SMILES string of the molecule is NNc1cc([N+](=O)[O-])cc(NC2CCCCCCC2)n1. The molecule has 7 heteroatoms. The van der Waals surface area contributed by atoms with Crippen LogP contribution in [0.15, 0.2) is 12.1 Å². The van der Waals surface area contributed by atoms with E-state index in [1.54, 1.807) is 0 Å². The molecule has 7 nitrogen and oxygen atoms in total. The lowest BCUT2D eigenvalue weighted by Gasteiger charge is -2.21. The molecule has 0 radical (unpaired) electrons. The number of hydrogen-bond acceptors (Lipinski definition) is 6. The number of anilines is 2. The van der Waals surface area contributed by atoms with Crippen molar-refractivity contribution < 1.29 is 4.92 Å². The maximum atomic E-state index is 10.9. The predicted octanol–water partition coefficient (Wildman–Crippen LogP) is 2.80. The van der Waals surface area contributed by atoms with Gasteiger partial charge in [-0.05, 0) is 12.8 Å². The number of nitrogens with zero attached hydrogens (tertiary/aromatic N) is 2. The topological polar surface area (TPSA) is 106 Å². The molecule has 20 heavy (non-hydrogen) atoms. The van der Waals surface area contributed by atoms with Crippen LogP contribution in [-0.2, 0) is 0 Å². The largest absolute Gasteiger partial charge is 0.367 e. The highest BCUT2D eigenvalue weighted by molar-refractivity contribution is 5.54. The fourth-order valence-corrected chi connectivity index (χ4v) is 2.58. The molecule has 1 fully saturated rings. The maximum Gasteiger partial charge on any atom is 0.276 e. The van der Waals surface area contributed by atoms with Gasteiger partial charge < -0.3 is 10.7 Å². The van der Waals surface area contributed by atoms with Gasteiger partial charge in [0.05, 0.1) is 17.1 Å². The number of hydrogen-bond donors (Lipinski definition) is 3. The lowest BCUT2D eigenvalue weighted by Crippen LogP contribution is -2.21. The Hall–Kier alpha value is -1.89. The van der Waals surface area contributed by atoms with Crippen LogP contribution in [0.2, 0.25) is 0 Å². The Labute approximate surface area is 118 Å². The minimum atomic E-state index is -0.439. The monoisotopic (exact) mass is 279 g/mol.